The molecule has 0 spiro atoms. The summed E-state index contributed by atoms with van der Waals surface area (Å²) in [6.45, 7) is 5.53. The van der Waals surface area contributed by atoms with E-state index in [0.29, 0.717) is 13.2 Å². The van der Waals surface area contributed by atoms with E-state index in [1.807, 2.05) is 0 Å². The molecule has 0 fully saturated rings. The average molecular weight is 563 g/mol. The fourth-order valence-corrected chi connectivity index (χ4v) is 5.09. The first-order chi connectivity index (χ1) is 19.8. The van der Waals surface area contributed by atoms with Gasteiger partial charge in [-0.25, -0.2) is 4.79 Å². The zero-order valence-corrected chi connectivity index (χ0v) is 27.2. The van der Waals surface area contributed by atoms with Gasteiger partial charge in [0.1, 0.15) is 0 Å². The molecule has 0 saturated heterocycles. The average Bonchev–Trinajstić information content (AvgIpc) is 2.96. The van der Waals surface area contributed by atoms with Gasteiger partial charge < -0.3 is 9.47 Å². The van der Waals surface area contributed by atoms with Crippen molar-refractivity contribution >= 4 is 6.16 Å². The quantitative estimate of drug-likeness (QED) is 0.0464. The maximum atomic E-state index is 11.7. The molecule has 40 heavy (non-hydrogen) atoms. The molecule has 3 heteroatoms. The monoisotopic (exact) mass is 563 g/mol. The van der Waals surface area contributed by atoms with Crippen molar-refractivity contribution in [3.05, 3.63) is 24.3 Å². The third-order valence-corrected chi connectivity index (χ3v) is 7.78. The lowest BCUT2D eigenvalue weighted by Gasteiger charge is -2.06. The summed E-state index contributed by atoms with van der Waals surface area (Å²) in [5.74, 6) is 0. The van der Waals surface area contributed by atoms with Gasteiger partial charge in [-0.15, -0.1) is 0 Å². The van der Waals surface area contributed by atoms with Crippen LogP contribution in [-0.4, -0.2) is 19.4 Å². The first-order valence-electron chi connectivity index (χ1n) is 17.9. The predicted octanol–water partition coefficient (Wildman–Crippen LogP) is 13.2. The van der Waals surface area contributed by atoms with Crippen LogP contribution in [0.5, 0.6) is 0 Å². The smallest absolute Gasteiger partial charge is 0.434 e. The maximum Gasteiger partial charge on any atom is 0.508 e. The molecule has 0 aromatic carbocycles. The number of rotatable bonds is 32. The molecule has 236 valence electrons. The SMILES string of the molecule is CCCCCC=CCC=CCCCCCCCCOC(=O)OCCCCCCCCCCCCCCCCCC. The highest BCUT2D eigenvalue weighted by molar-refractivity contribution is 5.59. The highest BCUT2D eigenvalue weighted by atomic mass is 16.7. The van der Waals surface area contributed by atoms with Crippen molar-refractivity contribution in [3.8, 4) is 0 Å². The Kier molecular flexibility index (Phi) is 34.7. The number of hydrogen-bond acceptors (Lipinski definition) is 3. The maximum absolute atomic E-state index is 11.7. The van der Waals surface area contributed by atoms with Gasteiger partial charge in [0.15, 0.2) is 0 Å². The minimum Gasteiger partial charge on any atom is -0.434 e. The molecular weight excluding hydrogens is 492 g/mol. The third kappa shape index (κ3) is 34.8. The molecule has 0 aromatic heterocycles. The highest BCUT2D eigenvalue weighted by Gasteiger charge is 2.03. The third-order valence-electron chi connectivity index (χ3n) is 7.78. The van der Waals surface area contributed by atoms with Gasteiger partial charge in [0.2, 0.25) is 0 Å². The Labute approximate surface area is 251 Å². The summed E-state index contributed by atoms with van der Waals surface area (Å²) in [6, 6.07) is 0. The molecule has 0 saturated carbocycles. The largest absolute Gasteiger partial charge is 0.508 e. The van der Waals surface area contributed by atoms with Gasteiger partial charge in [-0.3, -0.25) is 0 Å². The van der Waals surface area contributed by atoms with Crippen LogP contribution in [-0.2, 0) is 9.47 Å². The predicted molar refractivity (Wildman–Crippen MR) is 176 cm³/mol. The summed E-state index contributed by atoms with van der Waals surface area (Å²) in [5.41, 5.74) is 0. The Morgan fingerprint density at radius 3 is 1.10 bits per heavy atom. The first kappa shape index (κ1) is 38.8. The van der Waals surface area contributed by atoms with E-state index in [4.69, 9.17) is 9.47 Å². The Balaban J connectivity index is 3.21. The Hall–Kier alpha value is -1.25. The molecule has 0 N–H and O–H groups in total. The Bertz CT molecular complexity index is 540. The molecule has 0 aliphatic heterocycles. The van der Waals surface area contributed by atoms with Crippen molar-refractivity contribution in [1.82, 2.24) is 0 Å². The topological polar surface area (TPSA) is 35.5 Å². The summed E-state index contributed by atoms with van der Waals surface area (Å²) in [4.78, 5) is 11.7. The molecule has 0 aliphatic carbocycles. The summed E-state index contributed by atoms with van der Waals surface area (Å²) in [5, 5.41) is 0. The zero-order chi connectivity index (χ0) is 29.0. The van der Waals surface area contributed by atoms with Crippen molar-refractivity contribution in [2.75, 3.05) is 13.2 Å². The molecule has 0 atom stereocenters. The molecule has 0 aliphatic rings. The molecule has 0 unspecified atom stereocenters. The van der Waals surface area contributed by atoms with Crippen molar-refractivity contribution in [2.45, 2.75) is 194 Å². The van der Waals surface area contributed by atoms with Gasteiger partial charge in [-0.2, -0.15) is 0 Å². The molecular formula is C37H70O3. The molecule has 0 rings (SSSR count). The van der Waals surface area contributed by atoms with Crippen molar-refractivity contribution < 1.29 is 14.3 Å². The van der Waals surface area contributed by atoms with Crippen molar-refractivity contribution in [1.29, 1.82) is 0 Å². The zero-order valence-electron chi connectivity index (χ0n) is 27.2. The number of carbonyl (C=O) groups is 1. The van der Waals surface area contributed by atoms with E-state index in [1.165, 1.54) is 148 Å². The first-order valence-corrected chi connectivity index (χ1v) is 17.9. The van der Waals surface area contributed by atoms with Gasteiger partial charge in [-0.05, 0) is 44.9 Å². The highest BCUT2D eigenvalue weighted by Crippen LogP contribution is 2.14. The second-order valence-electron chi connectivity index (χ2n) is 11.8. The van der Waals surface area contributed by atoms with E-state index in [0.717, 1.165) is 32.1 Å². The van der Waals surface area contributed by atoms with Gasteiger partial charge in [0.05, 0.1) is 13.2 Å². The van der Waals surface area contributed by atoms with Crippen LogP contribution in [0.2, 0.25) is 0 Å². The van der Waals surface area contributed by atoms with E-state index < -0.39 is 6.16 Å². The standard InChI is InChI=1S/C37H70O3/c1-3-5-7-9-11-13-15-17-19-21-23-25-27-29-31-33-35-39-37(38)40-36-34-32-30-28-26-24-22-20-18-16-14-12-10-8-6-4-2/h11,13,17,19H,3-10,12,14-16,18,20-36H2,1-2H3. The lowest BCUT2D eigenvalue weighted by atomic mass is 10.0. The van der Waals surface area contributed by atoms with Crippen LogP contribution < -0.4 is 0 Å². The summed E-state index contributed by atoms with van der Waals surface area (Å²) < 4.78 is 10.4. The van der Waals surface area contributed by atoms with E-state index in [-0.39, 0.29) is 0 Å². The van der Waals surface area contributed by atoms with E-state index >= 15 is 0 Å². The van der Waals surface area contributed by atoms with Gasteiger partial charge >= 0.3 is 6.16 Å². The van der Waals surface area contributed by atoms with E-state index in [9.17, 15) is 4.79 Å². The minimum atomic E-state index is -0.483. The number of unbranched alkanes of at least 4 members (excludes halogenated alkanes) is 24. The summed E-state index contributed by atoms with van der Waals surface area (Å²) >= 11 is 0. The molecule has 0 radical (unpaired) electrons. The van der Waals surface area contributed by atoms with Gasteiger partial charge in [-0.1, -0.05) is 173 Å². The van der Waals surface area contributed by atoms with Crippen LogP contribution in [0.4, 0.5) is 4.79 Å². The molecule has 0 aromatic rings. The van der Waals surface area contributed by atoms with Crippen LogP contribution in [0.15, 0.2) is 24.3 Å². The fraction of sp³-hybridized carbons (Fsp3) is 0.865. The summed E-state index contributed by atoms with van der Waals surface area (Å²) in [7, 11) is 0. The fourth-order valence-electron chi connectivity index (χ4n) is 5.09. The van der Waals surface area contributed by atoms with E-state index in [1.54, 1.807) is 0 Å². The van der Waals surface area contributed by atoms with Crippen molar-refractivity contribution in [3.63, 3.8) is 0 Å². The normalized spacial score (nSPS) is 11.7. The lowest BCUT2D eigenvalue weighted by Crippen LogP contribution is -2.09. The Morgan fingerprint density at radius 2 is 0.700 bits per heavy atom. The molecule has 3 nitrogen and oxygen atoms in total. The number of allylic oxidation sites excluding steroid dienone is 4. The van der Waals surface area contributed by atoms with Gasteiger partial charge in [0.25, 0.3) is 0 Å². The molecule has 0 bridgehead atoms. The van der Waals surface area contributed by atoms with Crippen LogP contribution in [0.1, 0.15) is 194 Å². The van der Waals surface area contributed by atoms with Crippen LogP contribution in [0.3, 0.4) is 0 Å². The molecule has 0 heterocycles. The molecule has 0 amide bonds. The van der Waals surface area contributed by atoms with Crippen molar-refractivity contribution in [2.24, 2.45) is 0 Å². The minimum absolute atomic E-state index is 0.483. The lowest BCUT2D eigenvalue weighted by molar-refractivity contribution is 0.0529. The second kappa shape index (κ2) is 35.8. The van der Waals surface area contributed by atoms with E-state index in [2.05, 4.69) is 38.2 Å². The summed E-state index contributed by atoms with van der Waals surface area (Å²) in [6.07, 6.45) is 45.0. The number of ether oxygens (including phenoxy) is 2. The van der Waals surface area contributed by atoms with Crippen LogP contribution in [0, 0.1) is 0 Å². The number of carbonyl (C=O) groups excluding carboxylic acids is 1. The second-order valence-corrected chi connectivity index (χ2v) is 11.8. The Morgan fingerprint density at radius 1 is 0.400 bits per heavy atom. The van der Waals surface area contributed by atoms with Crippen LogP contribution >= 0.6 is 0 Å². The van der Waals surface area contributed by atoms with Crippen LogP contribution in [0.25, 0.3) is 0 Å². The van der Waals surface area contributed by atoms with Gasteiger partial charge in [0, 0.05) is 0 Å². The number of hydrogen-bond donors (Lipinski definition) is 0.